The zero-order valence-electron chi connectivity index (χ0n) is 11.3. The Labute approximate surface area is 111 Å². The molecule has 0 aliphatic rings. The predicted molar refractivity (Wildman–Crippen MR) is 71.4 cm³/mol. The van der Waals surface area contributed by atoms with Gasteiger partial charge in [-0.25, -0.2) is 9.78 Å². The van der Waals surface area contributed by atoms with E-state index in [2.05, 4.69) is 17.0 Å². The van der Waals surface area contributed by atoms with Crippen LogP contribution in [0.25, 0.3) is 0 Å². The SMILES string of the molecule is CCc1c(C)nn(Cc2ccnc(C(=O)O)c2)c1C. The maximum Gasteiger partial charge on any atom is 0.354 e. The second-order valence-corrected chi connectivity index (χ2v) is 4.52. The van der Waals surface area contributed by atoms with Gasteiger partial charge in [0, 0.05) is 11.9 Å². The summed E-state index contributed by atoms with van der Waals surface area (Å²) >= 11 is 0. The number of carbonyl (C=O) groups is 1. The van der Waals surface area contributed by atoms with Crippen LogP contribution < -0.4 is 0 Å². The van der Waals surface area contributed by atoms with Crippen molar-refractivity contribution < 1.29 is 9.90 Å². The van der Waals surface area contributed by atoms with E-state index in [1.54, 1.807) is 6.07 Å². The van der Waals surface area contributed by atoms with Crippen LogP contribution in [0.1, 0.15) is 39.9 Å². The molecule has 0 bridgehead atoms. The molecule has 0 spiro atoms. The minimum atomic E-state index is -1.01. The number of carboxylic acids is 1. The molecule has 2 aromatic rings. The van der Waals surface area contributed by atoms with Crippen molar-refractivity contribution in [3.8, 4) is 0 Å². The summed E-state index contributed by atoms with van der Waals surface area (Å²) in [7, 11) is 0. The highest BCUT2D eigenvalue weighted by Crippen LogP contribution is 2.15. The summed E-state index contributed by atoms with van der Waals surface area (Å²) in [6.07, 6.45) is 2.47. The quantitative estimate of drug-likeness (QED) is 0.914. The molecule has 100 valence electrons. The van der Waals surface area contributed by atoms with E-state index in [4.69, 9.17) is 5.11 Å². The number of hydrogen-bond donors (Lipinski definition) is 1. The van der Waals surface area contributed by atoms with E-state index in [1.807, 2.05) is 24.6 Å². The maximum atomic E-state index is 10.9. The number of aromatic carboxylic acids is 1. The van der Waals surface area contributed by atoms with Crippen molar-refractivity contribution in [3.05, 3.63) is 46.5 Å². The molecule has 0 unspecified atom stereocenters. The minimum Gasteiger partial charge on any atom is -0.477 e. The summed E-state index contributed by atoms with van der Waals surface area (Å²) in [5.74, 6) is -1.01. The van der Waals surface area contributed by atoms with Crippen LogP contribution in [0.5, 0.6) is 0 Å². The summed E-state index contributed by atoms with van der Waals surface area (Å²) in [5, 5.41) is 13.4. The number of aromatic nitrogens is 3. The monoisotopic (exact) mass is 259 g/mol. The van der Waals surface area contributed by atoms with Crippen LogP contribution in [-0.4, -0.2) is 25.8 Å². The first kappa shape index (κ1) is 13.3. The largest absolute Gasteiger partial charge is 0.477 e. The lowest BCUT2D eigenvalue weighted by molar-refractivity contribution is 0.0690. The van der Waals surface area contributed by atoms with Crippen molar-refractivity contribution in [1.82, 2.24) is 14.8 Å². The highest BCUT2D eigenvalue weighted by Gasteiger charge is 2.11. The molecule has 0 atom stereocenters. The molecule has 0 amide bonds. The van der Waals surface area contributed by atoms with Crippen molar-refractivity contribution in [2.75, 3.05) is 0 Å². The van der Waals surface area contributed by atoms with Crippen molar-refractivity contribution in [1.29, 1.82) is 0 Å². The highest BCUT2D eigenvalue weighted by atomic mass is 16.4. The third-order valence-electron chi connectivity index (χ3n) is 3.26. The lowest BCUT2D eigenvalue weighted by atomic mass is 10.1. The first-order chi connectivity index (χ1) is 9.02. The molecule has 0 fully saturated rings. The van der Waals surface area contributed by atoms with Crippen LogP contribution in [0.2, 0.25) is 0 Å². The Hall–Kier alpha value is -2.17. The van der Waals surface area contributed by atoms with Crippen molar-refractivity contribution in [2.45, 2.75) is 33.7 Å². The molecular weight excluding hydrogens is 242 g/mol. The standard InChI is InChI=1S/C14H17N3O2/c1-4-12-9(2)16-17(10(12)3)8-11-5-6-15-13(7-11)14(18)19/h5-7H,4,8H2,1-3H3,(H,18,19). The molecule has 0 aliphatic carbocycles. The Bertz CT molecular complexity index is 617. The van der Waals surface area contributed by atoms with E-state index in [9.17, 15) is 4.79 Å². The number of hydrogen-bond acceptors (Lipinski definition) is 3. The van der Waals surface area contributed by atoms with E-state index >= 15 is 0 Å². The summed E-state index contributed by atoms with van der Waals surface area (Å²) in [4.78, 5) is 14.7. The fourth-order valence-corrected chi connectivity index (χ4v) is 2.26. The van der Waals surface area contributed by atoms with Crippen LogP contribution in [0.4, 0.5) is 0 Å². The Kier molecular flexibility index (Phi) is 3.64. The average molecular weight is 259 g/mol. The Morgan fingerprint density at radius 1 is 1.42 bits per heavy atom. The fourth-order valence-electron chi connectivity index (χ4n) is 2.26. The molecule has 0 aliphatic heterocycles. The second-order valence-electron chi connectivity index (χ2n) is 4.52. The number of nitrogens with zero attached hydrogens (tertiary/aromatic N) is 3. The van der Waals surface area contributed by atoms with E-state index in [-0.39, 0.29) is 5.69 Å². The van der Waals surface area contributed by atoms with Crippen molar-refractivity contribution in [3.63, 3.8) is 0 Å². The van der Waals surface area contributed by atoms with E-state index in [1.165, 1.54) is 11.8 Å². The molecule has 2 heterocycles. The molecule has 1 N–H and O–H groups in total. The van der Waals surface area contributed by atoms with Crippen LogP contribution in [0, 0.1) is 13.8 Å². The molecule has 5 heteroatoms. The lowest BCUT2D eigenvalue weighted by Gasteiger charge is -2.06. The topological polar surface area (TPSA) is 68.0 Å². The predicted octanol–water partition coefficient (Wildman–Crippen LogP) is 2.20. The molecule has 0 radical (unpaired) electrons. The summed E-state index contributed by atoms with van der Waals surface area (Å²) in [5.41, 5.74) is 4.38. The molecular formula is C14H17N3O2. The van der Waals surface area contributed by atoms with Gasteiger partial charge in [0.15, 0.2) is 0 Å². The normalized spacial score (nSPS) is 10.7. The van der Waals surface area contributed by atoms with E-state index < -0.39 is 5.97 Å². The van der Waals surface area contributed by atoms with Gasteiger partial charge < -0.3 is 5.11 Å². The summed E-state index contributed by atoms with van der Waals surface area (Å²) < 4.78 is 1.91. The smallest absolute Gasteiger partial charge is 0.354 e. The third kappa shape index (κ3) is 2.65. The van der Waals surface area contributed by atoms with Gasteiger partial charge in [-0.3, -0.25) is 4.68 Å². The molecule has 2 aromatic heterocycles. The first-order valence-corrected chi connectivity index (χ1v) is 6.24. The number of aryl methyl sites for hydroxylation is 1. The summed E-state index contributed by atoms with van der Waals surface area (Å²) in [6, 6.07) is 3.40. The van der Waals surface area contributed by atoms with Crippen molar-refractivity contribution in [2.24, 2.45) is 0 Å². The van der Waals surface area contributed by atoms with Gasteiger partial charge in [0.05, 0.1) is 12.2 Å². The van der Waals surface area contributed by atoms with Gasteiger partial charge in [-0.05, 0) is 43.5 Å². The summed E-state index contributed by atoms with van der Waals surface area (Å²) in [6.45, 7) is 6.71. The average Bonchev–Trinajstić information content (AvgIpc) is 2.64. The van der Waals surface area contributed by atoms with Crippen LogP contribution in [-0.2, 0) is 13.0 Å². The van der Waals surface area contributed by atoms with Gasteiger partial charge >= 0.3 is 5.97 Å². The van der Waals surface area contributed by atoms with Gasteiger partial charge in [0.25, 0.3) is 0 Å². The van der Waals surface area contributed by atoms with Gasteiger partial charge in [-0.15, -0.1) is 0 Å². The van der Waals surface area contributed by atoms with Crippen molar-refractivity contribution >= 4 is 5.97 Å². The van der Waals surface area contributed by atoms with E-state index in [0.717, 1.165) is 23.4 Å². The van der Waals surface area contributed by atoms with Gasteiger partial charge in [-0.2, -0.15) is 5.10 Å². The van der Waals surface area contributed by atoms with E-state index in [0.29, 0.717) is 6.54 Å². The van der Waals surface area contributed by atoms with Gasteiger partial charge in [0.2, 0.25) is 0 Å². The molecule has 0 aromatic carbocycles. The van der Waals surface area contributed by atoms with Gasteiger partial charge in [0.1, 0.15) is 5.69 Å². The molecule has 0 saturated carbocycles. The zero-order chi connectivity index (χ0) is 14.0. The Morgan fingerprint density at radius 2 is 2.16 bits per heavy atom. The highest BCUT2D eigenvalue weighted by molar-refractivity contribution is 5.85. The first-order valence-electron chi connectivity index (χ1n) is 6.24. The van der Waals surface area contributed by atoms with Crippen LogP contribution in [0.15, 0.2) is 18.3 Å². The lowest BCUT2D eigenvalue weighted by Crippen LogP contribution is -2.07. The minimum absolute atomic E-state index is 0.0646. The second kappa shape index (κ2) is 5.22. The molecule has 19 heavy (non-hydrogen) atoms. The zero-order valence-corrected chi connectivity index (χ0v) is 11.3. The van der Waals surface area contributed by atoms with Gasteiger partial charge in [-0.1, -0.05) is 6.92 Å². The van der Waals surface area contributed by atoms with Crippen LogP contribution in [0.3, 0.4) is 0 Å². The molecule has 5 nitrogen and oxygen atoms in total. The third-order valence-corrected chi connectivity index (χ3v) is 3.26. The number of rotatable bonds is 4. The number of carboxylic acid groups (broad SMARTS) is 1. The maximum absolute atomic E-state index is 10.9. The number of pyridine rings is 1. The molecule has 2 rings (SSSR count). The Balaban J connectivity index is 2.31. The Morgan fingerprint density at radius 3 is 2.74 bits per heavy atom. The van der Waals surface area contributed by atoms with Crippen LogP contribution >= 0.6 is 0 Å². The fraction of sp³-hybridized carbons (Fsp3) is 0.357. The molecule has 0 saturated heterocycles.